The highest BCUT2D eigenvalue weighted by atomic mass is 16.2. The molecule has 0 aliphatic rings. The molecule has 8 nitrogen and oxygen atoms in total. The molecule has 6 N–H and O–H groups in total. The summed E-state index contributed by atoms with van der Waals surface area (Å²) in [6.45, 7) is 9.28. The Balaban J connectivity index is 1.97. The van der Waals surface area contributed by atoms with Crippen molar-refractivity contribution in [2.24, 2.45) is 23.3 Å². The normalized spacial score (nSPS) is 12.6. The smallest absolute Gasteiger partial charge is 0.237 e. The average molecular weight is 699 g/mol. The molecule has 0 fully saturated rings. The van der Waals surface area contributed by atoms with Crippen LogP contribution >= 0.6 is 0 Å². The first-order chi connectivity index (χ1) is 24.0. The van der Waals surface area contributed by atoms with Gasteiger partial charge in [0, 0.05) is 37.1 Å². The van der Waals surface area contributed by atoms with Gasteiger partial charge in [-0.25, -0.2) is 0 Å². The first kappa shape index (κ1) is 45.4. The van der Waals surface area contributed by atoms with Gasteiger partial charge in [0.2, 0.25) is 11.8 Å². The van der Waals surface area contributed by atoms with Crippen LogP contribution < -0.4 is 22.1 Å². The molecular formula is C42H74N4O4. The zero-order valence-electron chi connectivity index (χ0n) is 32.4. The van der Waals surface area contributed by atoms with Gasteiger partial charge in [0.05, 0.1) is 12.1 Å². The Bertz CT molecular complexity index is 973. The van der Waals surface area contributed by atoms with Gasteiger partial charge in [0.25, 0.3) is 0 Å². The van der Waals surface area contributed by atoms with Crippen molar-refractivity contribution in [3.8, 4) is 0 Å². The van der Waals surface area contributed by atoms with Crippen molar-refractivity contribution < 1.29 is 19.2 Å². The Kier molecular flexibility index (Phi) is 26.4. The van der Waals surface area contributed by atoms with Gasteiger partial charge in [-0.2, -0.15) is 0 Å². The third-order valence-corrected chi connectivity index (χ3v) is 9.83. The van der Waals surface area contributed by atoms with Gasteiger partial charge < -0.3 is 22.1 Å². The van der Waals surface area contributed by atoms with Crippen LogP contribution in [-0.4, -0.2) is 48.6 Å². The minimum absolute atomic E-state index is 0.0424. The van der Waals surface area contributed by atoms with Gasteiger partial charge in [-0.3, -0.25) is 19.2 Å². The predicted molar refractivity (Wildman–Crippen MR) is 208 cm³/mol. The number of carbonyl (C=O) groups is 4. The summed E-state index contributed by atoms with van der Waals surface area (Å²) in [5.41, 5.74) is 13.1. The van der Waals surface area contributed by atoms with Crippen molar-refractivity contribution in [2.75, 3.05) is 13.1 Å². The van der Waals surface area contributed by atoms with E-state index in [1.165, 1.54) is 77.0 Å². The molecule has 0 aliphatic carbocycles. The lowest BCUT2D eigenvalue weighted by Crippen LogP contribution is -2.44. The van der Waals surface area contributed by atoms with Gasteiger partial charge in [-0.15, -0.1) is 0 Å². The average Bonchev–Trinajstić information content (AvgIpc) is 3.10. The lowest BCUT2D eigenvalue weighted by molar-refractivity contribution is -0.124. The van der Waals surface area contributed by atoms with Crippen LogP contribution in [0.25, 0.3) is 0 Å². The lowest BCUT2D eigenvalue weighted by Gasteiger charge is -2.15. The molecule has 0 heterocycles. The topological polar surface area (TPSA) is 144 Å². The van der Waals surface area contributed by atoms with Crippen LogP contribution in [0.15, 0.2) is 24.3 Å². The van der Waals surface area contributed by atoms with E-state index in [4.69, 9.17) is 11.5 Å². The summed E-state index contributed by atoms with van der Waals surface area (Å²) < 4.78 is 0. The second-order valence-electron chi connectivity index (χ2n) is 15.1. The maximum absolute atomic E-state index is 12.6. The molecule has 0 aliphatic heterocycles. The number of nitrogens with two attached hydrogens (primary N) is 2. The number of benzene rings is 1. The zero-order valence-corrected chi connectivity index (χ0v) is 32.4. The van der Waals surface area contributed by atoms with Crippen molar-refractivity contribution in [1.82, 2.24) is 10.6 Å². The van der Waals surface area contributed by atoms with E-state index in [9.17, 15) is 19.2 Å². The minimum Gasteiger partial charge on any atom is -0.355 e. The number of hydrogen-bond donors (Lipinski definition) is 4. The fourth-order valence-corrected chi connectivity index (χ4v) is 6.04. The van der Waals surface area contributed by atoms with Crippen LogP contribution in [0, 0.1) is 11.8 Å². The van der Waals surface area contributed by atoms with E-state index in [-0.39, 0.29) is 35.2 Å². The molecule has 0 bridgehead atoms. The van der Waals surface area contributed by atoms with E-state index in [1.807, 2.05) is 52.0 Å². The van der Waals surface area contributed by atoms with Crippen molar-refractivity contribution in [2.45, 2.75) is 181 Å². The molecule has 286 valence electrons. The lowest BCUT2D eigenvalue weighted by atomic mass is 9.99. The van der Waals surface area contributed by atoms with E-state index >= 15 is 0 Å². The monoisotopic (exact) mass is 699 g/mol. The van der Waals surface area contributed by atoms with Crippen molar-refractivity contribution in [3.63, 3.8) is 0 Å². The minimum atomic E-state index is -0.415. The number of carbonyl (C=O) groups excluding carboxylic acids is 4. The van der Waals surface area contributed by atoms with Crippen molar-refractivity contribution >= 4 is 23.4 Å². The first-order valence-electron chi connectivity index (χ1n) is 20.3. The van der Waals surface area contributed by atoms with Crippen LogP contribution in [0.4, 0.5) is 0 Å². The second kappa shape index (κ2) is 29.0. The molecule has 0 aromatic heterocycles. The molecule has 2 amide bonds. The molecule has 0 spiro atoms. The number of Topliss-reactive ketones (excluding diaryl/α,β-unsaturated/α-hetero) is 2. The van der Waals surface area contributed by atoms with Gasteiger partial charge in [-0.05, 0) is 37.5 Å². The Morgan fingerprint density at radius 1 is 0.440 bits per heavy atom. The zero-order chi connectivity index (χ0) is 37.0. The number of hydrogen-bond acceptors (Lipinski definition) is 6. The van der Waals surface area contributed by atoms with Gasteiger partial charge >= 0.3 is 0 Å². The van der Waals surface area contributed by atoms with E-state index in [1.54, 1.807) is 0 Å². The standard InChI is InChI=1S/C42H74N4O4/c1-33(2)39(43)41(49)45-31-23-19-15-11-7-5-9-13-17-21-25-37(47)35-27-29-36(30-28-35)38(48)26-22-18-14-10-6-8-12-16-20-24-32-46-42(50)40(44)34(3)4/h27-30,33-34,39-40H,5-26,31-32,43-44H2,1-4H3,(H,45,49)(H,46,50)/t39-,40-/m0/s1. The van der Waals surface area contributed by atoms with Crippen LogP contribution in [0.2, 0.25) is 0 Å². The number of ketones is 2. The van der Waals surface area contributed by atoms with Crippen LogP contribution in [0.1, 0.15) is 190 Å². The van der Waals surface area contributed by atoms with Gasteiger partial charge in [-0.1, -0.05) is 155 Å². The second-order valence-corrected chi connectivity index (χ2v) is 15.1. The van der Waals surface area contributed by atoms with Gasteiger partial charge in [0.1, 0.15) is 0 Å². The third-order valence-electron chi connectivity index (χ3n) is 9.83. The van der Waals surface area contributed by atoms with Crippen molar-refractivity contribution in [3.05, 3.63) is 35.4 Å². The number of nitrogens with one attached hydrogen (secondary N) is 2. The molecule has 1 aromatic rings. The van der Waals surface area contributed by atoms with Crippen LogP contribution in [-0.2, 0) is 9.59 Å². The summed E-state index contributed by atoms with van der Waals surface area (Å²) in [7, 11) is 0. The molecule has 0 radical (unpaired) electrons. The number of unbranched alkanes of at least 4 members (excludes halogenated alkanes) is 18. The summed E-state index contributed by atoms with van der Waals surface area (Å²) in [4.78, 5) is 49.0. The highest BCUT2D eigenvalue weighted by molar-refractivity contribution is 5.99. The number of amides is 2. The molecule has 0 unspecified atom stereocenters. The Labute approximate surface area is 305 Å². The predicted octanol–water partition coefficient (Wildman–Crippen LogP) is 8.83. The maximum Gasteiger partial charge on any atom is 0.237 e. The Morgan fingerprint density at radius 2 is 0.680 bits per heavy atom. The molecule has 0 saturated heterocycles. The van der Waals surface area contributed by atoms with E-state index in [0.29, 0.717) is 37.1 Å². The number of rotatable bonds is 32. The fraction of sp³-hybridized carbons (Fsp3) is 0.762. The van der Waals surface area contributed by atoms with E-state index in [0.717, 1.165) is 51.4 Å². The third kappa shape index (κ3) is 22.3. The van der Waals surface area contributed by atoms with Crippen LogP contribution in [0.3, 0.4) is 0 Å². The molecule has 1 aromatic carbocycles. The quantitative estimate of drug-likeness (QED) is 0.0437. The summed E-state index contributed by atoms with van der Waals surface area (Å²) >= 11 is 0. The summed E-state index contributed by atoms with van der Waals surface area (Å²) in [6, 6.07) is 6.46. The maximum atomic E-state index is 12.6. The summed E-state index contributed by atoms with van der Waals surface area (Å²) in [5.74, 6) is 0.579. The molecule has 1 rings (SSSR count). The van der Waals surface area contributed by atoms with E-state index in [2.05, 4.69) is 10.6 Å². The van der Waals surface area contributed by atoms with Crippen LogP contribution in [0.5, 0.6) is 0 Å². The molecule has 2 atom stereocenters. The Morgan fingerprint density at radius 3 is 0.940 bits per heavy atom. The molecular weight excluding hydrogens is 624 g/mol. The van der Waals surface area contributed by atoms with E-state index < -0.39 is 12.1 Å². The molecule has 0 saturated carbocycles. The van der Waals surface area contributed by atoms with Crippen molar-refractivity contribution in [1.29, 1.82) is 0 Å². The fourth-order valence-electron chi connectivity index (χ4n) is 6.04. The summed E-state index contributed by atoms with van der Waals surface area (Å²) in [5, 5.41) is 5.87. The SMILES string of the molecule is CC(C)[C@H](N)C(=O)NCCCCCCCCCCCCC(=O)c1ccc(C(=O)CCCCCCCCCCCCNC(=O)[C@@H](N)C(C)C)cc1. The molecule has 8 heteroatoms. The highest BCUT2D eigenvalue weighted by Gasteiger charge is 2.17. The highest BCUT2D eigenvalue weighted by Crippen LogP contribution is 2.16. The van der Waals surface area contributed by atoms with Gasteiger partial charge in [0.15, 0.2) is 11.6 Å². The molecule has 50 heavy (non-hydrogen) atoms. The largest absolute Gasteiger partial charge is 0.355 e. The Hall–Kier alpha value is -2.58. The summed E-state index contributed by atoms with van der Waals surface area (Å²) in [6.07, 6.45) is 24.0. The first-order valence-corrected chi connectivity index (χ1v) is 20.3.